The zero-order valence-electron chi connectivity index (χ0n) is 9.93. The minimum atomic E-state index is 0.506. The number of aromatic nitrogens is 3. The molecule has 3 nitrogen and oxygen atoms in total. The van der Waals surface area contributed by atoms with Gasteiger partial charge < -0.3 is 4.57 Å². The fraction of sp³-hybridized carbons (Fsp3) is 0.385. The number of nitrogens with zero attached hydrogens (tertiary/aromatic N) is 3. The van der Waals surface area contributed by atoms with Crippen LogP contribution in [0, 0.1) is 0 Å². The molecule has 0 aliphatic heterocycles. The minimum absolute atomic E-state index is 0.506. The van der Waals surface area contributed by atoms with E-state index in [9.17, 15) is 0 Å². The van der Waals surface area contributed by atoms with Crippen LogP contribution in [0.3, 0.4) is 0 Å². The summed E-state index contributed by atoms with van der Waals surface area (Å²) in [7, 11) is 0. The second-order valence-corrected chi connectivity index (χ2v) is 4.40. The summed E-state index contributed by atoms with van der Waals surface area (Å²) < 4.78 is 2.11. The normalized spacial score (nSPS) is 10.7. The van der Waals surface area contributed by atoms with Crippen molar-refractivity contribution >= 4 is 11.6 Å². The molecule has 0 spiro atoms. The van der Waals surface area contributed by atoms with Crippen molar-refractivity contribution in [1.29, 1.82) is 0 Å². The first-order valence-electron chi connectivity index (χ1n) is 5.94. The molecular weight excluding hydrogens is 234 g/mol. The number of halogens is 1. The molecule has 17 heavy (non-hydrogen) atoms. The summed E-state index contributed by atoms with van der Waals surface area (Å²) in [4.78, 5) is 8.42. The predicted octanol–water partition coefficient (Wildman–Crippen LogP) is 3.79. The van der Waals surface area contributed by atoms with Crippen molar-refractivity contribution in [2.75, 3.05) is 0 Å². The molecule has 0 aromatic carbocycles. The molecule has 2 rings (SSSR count). The molecule has 0 amide bonds. The first-order valence-corrected chi connectivity index (χ1v) is 6.31. The van der Waals surface area contributed by atoms with Crippen LogP contribution in [0.5, 0.6) is 0 Å². The van der Waals surface area contributed by atoms with Crippen molar-refractivity contribution in [2.24, 2.45) is 0 Å². The lowest BCUT2D eigenvalue weighted by Gasteiger charge is -2.00. The van der Waals surface area contributed by atoms with E-state index in [1.54, 1.807) is 6.20 Å². The van der Waals surface area contributed by atoms with Crippen molar-refractivity contribution < 1.29 is 0 Å². The third-order valence-electron chi connectivity index (χ3n) is 2.69. The molecule has 0 bridgehead atoms. The predicted molar refractivity (Wildman–Crippen MR) is 70.0 cm³/mol. The molecule has 2 aromatic rings. The number of hydrogen-bond donors (Lipinski definition) is 0. The number of pyridine rings is 1. The average Bonchev–Trinajstić information content (AvgIpc) is 2.79. The number of unbranched alkanes of at least 4 members (excludes halogenated alkanes) is 2. The monoisotopic (exact) mass is 249 g/mol. The zero-order chi connectivity index (χ0) is 12.1. The maximum atomic E-state index is 6.03. The standard InChI is InChI=1S/C13H16ClN3/c1-2-3-4-8-17-9-12(16-10-17)11-6-5-7-15-13(11)14/h5-7,9-10H,2-4,8H2,1H3. The third kappa shape index (κ3) is 3.07. The molecule has 0 fully saturated rings. The van der Waals surface area contributed by atoms with Gasteiger partial charge in [0.15, 0.2) is 0 Å². The number of rotatable bonds is 5. The van der Waals surface area contributed by atoms with E-state index in [1.807, 2.05) is 24.7 Å². The Morgan fingerprint density at radius 3 is 2.94 bits per heavy atom. The molecule has 90 valence electrons. The van der Waals surface area contributed by atoms with E-state index in [1.165, 1.54) is 19.3 Å². The Bertz CT molecular complexity index is 479. The summed E-state index contributed by atoms with van der Waals surface area (Å²) in [6.07, 6.45) is 9.24. The summed E-state index contributed by atoms with van der Waals surface area (Å²) in [5.41, 5.74) is 1.78. The topological polar surface area (TPSA) is 30.7 Å². The van der Waals surface area contributed by atoms with Gasteiger partial charge in [0.25, 0.3) is 0 Å². The van der Waals surface area contributed by atoms with Crippen LogP contribution in [0.25, 0.3) is 11.3 Å². The summed E-state index contributed by atoms with van der Waals surface area (Å²) in [6.45, 7) is 3.22. The van der Waals surface area contributed by atoms with Gasteiger partial charge in [0.2, 0.25) is 0 Å². The van der Waals surface area contributed by atoms with Gasteiger partial charge in [0, 0.05) is 24.5 Å². The second-order valence-electron chi connectivity index (χ2n) is 4.05. The highest BCUT2D eigenvalue weighted by Crippen LogP contribution is 2.23. The van der Waals surface area contributed by atoms with E-state index in [-0.39, 0.29) is 0 Å². The van der Waals surface area contributed by atoms with Gasteiger partial charge >= 0.3 is 0 Å². The van der Waals surface area contributed by atoms with Crippen LogP contribution >= 0.6 is 11.6 Å². The Kier molecular flexibility index (Phi) is 4.15. The van der Waals surface area contributed by atoms with Gasteiger partial charge in [-0.15, -0.1) is 0 Å². The SMILES string of the molecule is CCCCCn1cnc(-c2cccnc2Cl)c1. The molecule has 0 saturated heterocycles. The Balaban J connectivity index is 2.10. The van der Waals surface area contributed by atoms with Crippen molar-refractivity contribution in [3.05, 3.63) is 36.0 Å². The maximum Gasteiger partial charge on any atom is 0.138 e. The first-order chi connectivity index (χ1) is 8.31. The van der Waals surface area contributed by atoms with Gasteiger partial charge in [0.1, 0.15) is 5.15 Å². The Labute approximate surface area is 106 Å². The van der Waals surface area contributed by atoms with E-state index < -0.39 is 0 Å². The average molecular weight is 250 g/mol. The molecule has 0 N–H and O–H groups in total. The van der Waals surface area contributed by atoms with E-state index >= 15 is 0 Å². The lowest BCUT2D eigenvalue weighted by Crippen LogP contribution is -1.93. The van der Waals surface area contributed by atoms with Crippen LogP contribution in [0.4, 0.5) is 0 Å². The van der Waals surface area contributed by atoms with Crippen LogP contribution in [0.2, 0.25) is 5.15 Å². The Morgan fingerprint density at radius 2 is 2.18 bits per heavy atom. The molecule has 2 aromatic heterocycles. The van der Waals surface area contributed by atoms with Gasteiger partial charge in [-0.1, -0.05) is 31.4 Å². The number of aryl methyl sites for hydroxylation is 1. The maximum absolute atomic E-state index is 6.03. The molecule has 0 aliphatic rings. The van der Waals surface area contributed by atoms with E-state index in [0.717, 1.165) is 17.8 Å². The quantitative estimate of drug-likeness (QED) is 0.596. The second kappa shape index (κ2) is 5.82. The highest BCUT2D eigenvalue weighted by Gasteiger charge is 2.06. The highest BCUT2D eigenvalue weighted by atomic mass is 35.5. The van der Waals surface area contributed by atoms with Crippen LogP contribution in [0.15, 0.2) is 30.9 Å². The van der Waals surface area contributed by atoms with E-state index in [0.29, 0.717) is 5.15 Å². The molecule has 2 heterocycles. The zero-order valence-corrected chi connectivity index (χ0v) is 10.7. The van der Waals surface area contributed by atoms with Gasteiger partial charge in [-0.3, -0.25) is 0 Å². The molecule has 0 unspecified atom stereocenters. The molecule has 0 aliphatic carbocycles. The summed E-state index contributed by atoms with van der Waals surface area (Å²) in [5, 5.41) is 0.506. The Morgan fingerprint density at radius 1 is 1.29 bits per heavy atom. The van der Waals surface area contributed by atoms with E-state index in [2.05, 4.69) is 21.5 Å². The van der Waals surface area contributed by atoms with Gasteiger partial charge in [0.05, 0.1) is 12.0 Å². The smallest absolute Gasteiger partial charge is 0.138 e. The summed E-state index contributed by atoms with van der Waals surface area (Å²) >= 11 is 6.03. The van der Waals surface area contributed by atoms with Crippen molar-refractivity contribution in [1.82, 2.24) is 14.5 Å². The molecule has 4 heteroatoms. The molecule has 0 atom stereocenters. The van der Waals surface area contributed by atoms with Gasteiger partial charge in [-0.2, -0.15) is 0 Å². The molecular formula is C13H16ClN3. The fourth-order valence-corrected chi connectivity index (χ4v) is 1.96. The van der Waals surface area contributed by atoms with Crippen molar-refractivity contribution in [2.45, 2.75) is 32.7 Å². The van der Waals surface area contributed by atoms with Crippen LogP contribution in [-0.4, -0.2) is 14.5 Å². The first kappa shape index (κ1) is 12.1. The van der Waals surface area contributed by atoms with E-state index in [4.69, 9.17) is 11.6 Å². The fourth-order valence-electron chi connectivity index (χ4n) is 1.74. The van der Waals surface area contributed by atoms with Crippen LogP contribution in [-0.2, 0) is 6.54 Å². The number of hydrogen-bond acceptors (Lipinski definition) is 2. The van der Waals surface area contributed by atoms with Crippen LogP contribution in [0.1, 0.15) is 26.2 Å². The third-order valence-corrected chi connectivity index (χ3v) is 2.99. The number of imidazole rings is 1. The highest BCUT2D eigenvalue weighted by molar-refractivity contribution is 6.31. The lowest BCUT2D eigenvalue weighted by atomic mass is 10.2. The van der Waals surface area contributed by atoms with Crippen molar-refractivity contribution in [3.8, 4) is 11.3 Å². The summed E-state index contributed by atoms with van der Waals surface area (Å²) in [6, 6.07) is 3.81. The lowest BCUT2D eigenvalue weighted by molar-refractivity contribution is 0.602. The summed E-state index contributed by atoms with van der Waals surface area (Å²) in [5.74, 6) is 0. The molecule has 0 radical (unpaired) electrons. The van der Waals surface area contributed by atoms with Gasteiger partial charge in [-0.25, -0.2) is 9.97 Å². The largest absolute Gasteiger partial charge is 0.337 e. The van der Waals surface area contributed by atoms with Crippen LogP contribution < -0.4 is 0 Å². The van der Waals surface area contributed by atoms with Crippen molar-refractivity contribution in [3.63, 3.8) is 0 Å². The van der Waals surface area contributed by atoms with Gasteiger partial charge in [-0.05, 0) is 18.6 Å². The minimum Gasteiger partial charge on any atom is -0.337 e. The molecule has 0 saturated carbocycles. The Hall–Kier alpha value is -1.35.